The number of ether oxygens (including phenoxy) is 1. The van der Waals surface area contributed by atoms with Crippen LogP contribution in [0, 0.1) is 0 Å². The van der Waals surface area contributed by atoms with Gasteiger partial charge < -0.3 is 15.8 Å². The molecule has 0 radical (unpaired) electrons. The standard InChI is InChI=1S/C14H23N5O2/c1-10-8-19(9-11(2)21-10)7-3-4-18-14(20)12-13(15)17-6-5-16-12/h5-6,10-11H,3-4,7-9H2,1-2H3,(H2,15,17)(H,18,20). The van der Waals surface area contributed by atoms with Crippen LogP contribution in [0.3, 0.4) is 0 Å². The molecule has 7 heteroatoms. The van der Waals surface area contributed by atoms with Crippen molar-refractivity contribution < 1.29 is 9.53 Å². The highest BCUT2D eigenvalue weighted by Crippen LogP contribution is 2.10. The molecule has 0 aromatic carbocycles. The average molecular weight is 293 g/mol. The van der Waals surface area contributed by atoms with Crippen LogP contribution < -0.4 is 11.1 Å². The van der Waals surface area contributed by atoms with Crippen LogP contribution in [0.15, 0.2) is 12.4 Å². The van der Waals surface area contributed by atoms with Gasteiger partial charge in [-0.05, 0) is 20.3 Å². The minimum absolute atomic E-state index is 0.158. The molecule has 21 heavy (non-hydrogen) atoms. The van der Waals surface area contributed by atoms with Crippen LogP contribution >= 0.6 is 0 Å². The number of anilines is 1. The molecular formula is C14H23N5O2. The van der Waals surface area contributed by atoms with Gasteiger partial charge in [-0.15, -0.1) is 0 Å². The van der Waals surface area contributed by atoms with Gasteiger partial charge in [-0.2, -0.15) is 0 Å². The zero-order valence-corrected chi connectivity index (χ0v) is 12.6. The van der Waals surface area contributed by atoms with Crippen LogP contribution in [0.5, 0.6) is 0 Å². The van der Waals surface area contributed by atoms with Crippen molar-refractivity contribution in [2.45, 2.75) is 32.5 Å². The van der Waals surface area contributed by atoms with Crippen LogP contribution in [-0.2, 0) is 4.74 Å². The Bertz CT molecular complexity index is 472. The molecule has 1 fully saturated rings. The van der Waals surface area contributed by atoms with Gasteiger partial charge in [-0.25, -0.2) is 9.97 Å². The summed E-state index contributed by atoms with van der Waals surface area (Å²) in [5.41, 5.74) is 5.80. The third kappa shape index (κ3) is 4.64. The quantitative estimate of drug-likeness (QED) is 0.758. The molecule has 0 saturated carbocycles. The van der Waals surface area contributed by atoms with E-state index >= 15 is 0 Å². The van der Waals surface area contributed by atoms with Crippen molar-refractivity contribution in [2.75, 3.05) is 31.9 Å². The van der Waals surface area contributed by atoms with Gasteiger partial charge in [0.1, 0.15) is 0 Å². The smallest absolute Gasteiger partial charge is 0.273 e. The predicted octanol–water partition coefficient (Wildman–Crippen LogP) is 0.288. The van der Waals surface area contributed by atoms with Gasteiger partial charge in [0.15, 0.2) is 11.5 Å². The summed E-state index contributed by atoms with van der Waals surface area (Å²) in [5.74, 6) is -0.116. The van der Waals surface area contributed by atoms with E-state index in [9.17, 15) is 4.79 Å². The highest BCUT2D eigenvalue weighted by atomic mass is 16.5. The van der Waals surface area contributed by atoms with E-state index in [-0.39, 0.29) is 29.6 Å². The van der Waals surface area contributed by atoms with E-state index in [0.717, 1.165) is 26.1 Å². The molecule has 2 atom stereocenters. The number of nitrogens with two attached hydrogens (primary N) is 1. The van der Waals surface area contributed by atoms with Crippen LogP contribution in [0.4, 0.5) is 5.82 Å². The van der Waals surface area contributed by atoms with Gasteiger partial charge in [0.05, 0.1) is 12.2 Å². The molecule has 3 N–H and O–H groups in total. The second-order valence-corrected chi connectivity index (χ2v) is 5.42. The van der Waals surface area contributed by atoms with Gasteiger partial charge in [-0.1, -0.05) is 0 Å². The lowest BCUT2D eigenvalue weighted by Gasteiger charge is -2.35. The zero-order valence-electron chi connectivity index (χ0n) is 12.6. The molecule has 1 aromatic heterocycles. The normalized spacial score (nSPS) is 23.0. The summed E-state index contributed by atoms with van der Waals surface area (Å²) in [6, 6.07) is 0. The molecular weight excluding hydrogens is 270 g/mol. The molecule has 2 unspecified atom stereocenters. The van der Waals surface area contributed by atoms with Crippen LogP contribution in [0.25, 0.3) is 0 Å². The van der Waals surface area contributed by atoms with E-state index in [0.29, 0.717) is 6.54 Å². The second-order valence-electron chi connectivity index (χ2n) is 5.42. The van der Waals surface area contributed by atoms with Gasteiger partial charge in [-0.3, -0.25) is 9.69 Å². The molecule has 0 bridgehead atoms. The Morgan fingerprint density at radius 1 is 1.38 bits per heavy atom. The molecule has 1 aliphatic rings. The van der Waals surface area contributed by atoms with Crippen LogP contribution in [-0.4, -0.2) is 59.2 Å². The topological polar surface area (TPSA) is 93.4 Å². The number of carbonyl (C=O) groups excluding carboxylic acids is 1. The average Bonchev–Trinajstić information content (AvgIpc) is 2.43. The molecule has 2 rings (SSSR count). The van der Waals surface area contributed by atoms with Gasteiger partial charge in [0.25, 0.3) is 5.91 Å². The lowest BCUT2D eigenvalue weighted by atomic mass is 10.2. The molecule has 0 aliphatic carbocycles. The third-order valence-electron chi connectivity index (χ3n) is 3.37. The predicted molar refractivity (Wildman–Crippen MR) is 79.8 cm³/mol. The number of nitrogens with zero attached hydrogens (tertiary/aromatic N) is 3. The van der Waals surface area contributed by atoms with Crippen molar-refractivity contribution in [1.29, 1.82) is 0 Å². The molecule has 1 amide bonds. The minimum Gasteiger partial charge on any atom is -0.382 e. The summed E-state index contributed by atoms with van der Waals surface area (Å²) in [5, 5.41) is 2.82. The number of carbonyl (C=O) groups is 1. The van der Waals surface area contributed by atoms with Gasteiger partial charge in [0.2, 0.25) is 0 Å². The fourth-order valence-corrected chi connectivity index (χ4v) is 2.58. The van der Waals surface area contributed by atoms with Crippen molar-refractivity contribution in [3.63, 3.8) is 0 Å². The van der Waals surface area contributed by atoms with Crippen molar-refractivity contribution in [3.8, 4) is 0 Å². The lowest BCUT2D eigenvalue weighted by Crippen LogP contribution is -2.46. The SMILES string of the molecule is CC1CN(CCCNC(=O)c2nccnc2N)CC(C)O1. The maximum absolute atomic E-state index is 11.9. The number of morpholine rings is 1. The van der Waals surface area contributed by atoms with E-state index in [1.807, 2.05) is 0 Å². The Labute approximate surface area is 124 Å². The minimum atomic E-state index is -0.274. The molecule has 2 heterocycles. The Morgan fingerprint density at radius 2 is 2.05 bits per heavy atom. The molecule has 116 valence electrons. The molecule has 1 aromatic rings. The number of hydrogen-bond donors (Lipinski definition) is 2. The Hall–Kier alpha value is -1.73. The monoisotopic (exact) mass is 293 g/mol. The fourth-order valence-electron chi connectivity index (χ4n) is 2.58. The third-order valence-corrected chi connectivity index (χ3v) is 3.37. The molecule has 1 aliphatic heterocycles. The summed E-state index contributed by atoms with van der Waals surface area (Å²) in [7, 11) is 0. The maximum Gasteiger partial charge on any atom is 0.273 e. The summed E-state index contributed by atoms with van der Waals surface area (Å²) in [4.78, 5) is 22.0. The molecule has 1 saturated heterocycles. The van der Waals surface area contributed by atoms with Crippen LogP contribution in [0.2, 0.25) is 0 Å². The Morgan fingerprint density at radius 3 is 2.71 bits per heavy atom. The Kier molecular flexibility index (Phi) is 5.46. The van der Waals surface area contributed by atoms with Crippen molar-refractivity contribution >= 4 is 11.7 Å². The largest absolute Gasteiger partial charge is 0.382 e. The fraction of sp³-hybridized carbons (Fsp3) is 0.643. The lowest BCUT2D eigenvalue weighted by molar-refractivity contribution is -0.0679. The number of rotatable bonds is 5. The number of amides is 1. The first kappa shape index (κ1) is 15.7. The van der Waals surface area contributed by atoms with Gasteiger partial charge in [0, 0.05) is 38.6 Å². The molecule has 7 nitrogen and oxygen atoms in total. The zero-order chi connectivity index (χ0) is 15.2. The van der Waals surface area contributed by atoms with Gasteiger partial charge >= 0.3 is 0 Å². The summed E-state index contributed by atoms with van der Waals surface area (Å²) < 4.78 is 5.69. The first-order chi connectivity index (χ1) is 10.1. The van der Waals surface area contributed by atoms with E-state index in [2.05, 4.69) is 34.0 Å². The first-order valence-electron chi connectivity index (χ1n) is 7.28. The van der Waals surface area contributed by atoms with E-state index in [4.69, 9.17) is 10.5 Å². The van der Waals surface area contributed by atoms with Crippen molar-refractivity contribution in [1.82, 2.24) is 20.2 Å². The number of nitrogens with one attached hydrogen (secondary N) is 1. The maximum atomic E-state index is 11.9. The van der Waals surface area contributed by atoms with E-state index in [1.165, 1.54) is 12.4 Å². The highest BCUT2D eigenvalue weighted by molar-refractivity contribution is 5.96. The molecule has 0 spiro atoms. The number of hydrogen-bond acceptors (Lipinski definition) is 6. The summed E-state index contributed by atoms with van der Waals surface area (Å²) in [6.45, 7) is 7.58. The van der Waals surface area contributed by atoms with Crippen molar-refractivity contribution in [3.05, 3.63) is 18.1 Å². The van der Waals surface area contributed by atoms with E-state index in [1.54, 1.807) is 0 Å². The number of aromatic nitrogens is 2. The number of nitrogen functional groups attached to an aromatic ring is 1. The first-order valence-corrected chi connectivity index (χ1v) is 7.28. The second kappa shape index (κ2) is 7.33. The summed E-state index contributed by atoms with van der Waals surface area (Å²) >= 11 is 0. The van der Waals surface area contributed by atoms with Crippen molar-refractivity contribution in [2.24, 2.45) is 0 Å². The Balaban J connectivity index is 1.70. The highest BCUT2D eigenvalue weighted by Gasteiger charge is 2.21. The summed E-state index contributed by atoms with van der Waals surface area (Å²) in [6.07, 6.45) is 4.34. The van der Waals surface area contributed by atoms with E-state index < -0.39 is 0 Å². The van der Waals surface area contributed by atoms with Crippen LogP contribution in [0.1, 0.15) is 30.8 Å².